The minimum Gasteiger partial charge on any atom is -0.480 e. The Kier molecular flexibility index (Phi) is 4.57. The smallest absolute Gasteiger partial charge is 0.321 e. The number of likely N-dealkylation sites (tertiary alicyclic amines) is 1. The van der Waals surface area contributed by atoms with Gasteiger partial charge in [-0.05, 0) is 43.5 Å². The molecule has 3 N–H and O–H groups in total. The lowest BCUT2D eigenvalue weighted by Gasteiger charge is -2.37. The van der Waals surface area contributed by atoms with E-state index in [1.807, 2.05) is 6.92 Å². The minimum atomic E-state index is -0.895. The second kappa shape index (κ2) is 6.22. The number of nitrogens with two attached hydrogens (primary N) is 1. The van der Waals surface area contributed by atoms with Gasteiger partial charge >= 0.3 is 5.97 Å². The molecule has 1 amide bonds. The van der Waals surface area contributed by atoms with Crippen molar-refractivity contribution in [1.29, 1.82) is 0 Å². The zero-order valence-corrected chi connectivity index (χ0v) is 11.9. The summed E-state index contributed by atoms with van der Waals surface area (Å²) < 4.78 is 13.9. The number of rotatable bonds is 4. The molecule has 0 saturated carbocycles. The molecule has 2 atom stereocenters. The molecule has 0 aromatic heterocycles. The van der Waals surface area contributed by atoms with Gasteiger partial charge in [0.1, 0.15) is 11.9 Å². The zero-order chi connectivity index (χ0) is 15.6. The van der Waals surface area contributed by atoms with Gasteiger partial charge in [0.2, 0.25) is 5.91 Å². The number of aliphatic carboxylic acids is 1. The van der Waals surface area contributed by atoms with Crippen molar-refractivity contribution in [3.05, 3.63) is 35.1 Å². The predicted octanol–water partition coefficient (Wildman–Crippen LogP) is 1.61. The molecule has 1 aliphatic rings. The van der Waals surface area contributed by atoms with Gasteiger partial charge in [-0.2, -0.15) is 0 Å². The molecule has 1 aromatic rings. The molecule has 1 saturated heterocycles. The van der Waals surface area contributed by atoms with Gasteiger partial charge < -0.3 is 10.8 Å². The standard InChI is InChI=1S/C15H19FN2O3/c1-9-3-2-6-18(13(9)15(20)21)8-11-7-10(14(17)19)4-5-12(11)16/h4-5,7,9,13H,2-3,6,8H2,1H3,(H2,17,19)(H,20,21). The largest absolute Gasteiger partial charge is 0.480 e. The third kappa shape index (κ3) is 3.39. The fourth-order valence-corrected chi connectivity index (χ4v) is 2.92. The molecule has 2 rings (SSSR count). The van der Waals surface area contributed by atoms with Crippen LogP contribution in [0.15, 0.2) is 18.2 Å². The van der Waals surface area contributed by atoms with Crippen LogP contribution in [0, 0.1) is 11.7 Å². The maximum absolute atomic E-state index is 13.9. The second-order valence-corrected chi connectivity index (χ2v) is 5.54. The summed E-state index contributed by atoms with van der Waals surface area (Å²) in [6.45, 7) is 2.65. The van der Waals surface area contributed by atoms with Gasteiger partial charge in [-0.1, -0.05) is 6.92 Å². The Morgan fingerprint density at radius 3 is 2.81 bits per heavy atom. The quantitative estimate of drug-likeness (QED) is 0.883. The molecule has 6 heteroatoms. The Balaban J connectivity index is 2.25. The summed E-state index contributed by atoms with van der Waals surface area (Å²) in [7, 11) is 0. The normalized spacial score (nSPS) is 23.0. The van der Waals surface area contributed by atoms with Crippen LogP contribution in [-0.2, 0) is 11.3 Å². The van der Waals surface area contributed by atoms with Gasteiger partial charge in [-0.15, -0.1) is 0 Å². The summed E-state index contributed by atoms with van der Waals surface area (Å²) >= 11 is 0. The van der Waals surface area contributed by atoms with Crippen LogP contribution in [0.1, 0.15) is 35.7 Å². The molecular formula is C15H19FN2O3. The molecule has 21 heavy (non-hydrogen) atoms. The summed E-state index contributed by atoms with van der Waals surface area (Å²) in [4.78, 5) is 24.3. The molecule has 0 bridgehead atoms. The van der Waals surface area contributed by atoms with Crippen molar-refractivity contribution in [2.45, 2.75) is 32.4 Å². The van der Waals surface area contributed by atoms with E-state index in [0.717, 1.165) is 12.8 Å². The topological polar surface area (TPSA) is 83.6 Å². The van der Waals surface area contributed by atoms with E-state index in [2.05, 4.69) is 0 Å². The first-order chi connectivity index (χ1) is 9.90. The minimum absolute atomic E-state index is 0.0126. The first-order valence-electron chi connectivity index (χ1n) is 6.95. The van der Waals surface area contributed by atoms with Crippen molar-refractivity contribution in [3.63, 3.8) is 0 Å². The predicted molar refractivity (Wildman–Crippen MR) is 75.1 cm³/mol. The maximum Gasteiger partial charge on any atom is 0.321 e. The van der Waals surface area contributed by atoms with E-state index >= 15 is 0 Å². The van der Waals surface area contributed by atoms with E-state index in [1.165, 1.54) is 18.2 Å². The number of hydrogen-bond acceptors (Lipinski definition) is 3. The van der Waals surface area contributed by atoms with Gasteiger partial charge in [0, 0.05) is 17.7 Å². The lowest BCUT2D eigenvalue weighted by Crippen LogP contribution is -2.48. The fourth-order valence-electron chi connectivity index (χ4n) is 2.92. The van der Waals surface area contributed by atoms with Gasteiger partial charge in [0.25, 0.3) is 0 Å². The number of carbonyl (C=O) groups is 2. The molecule has 2 unspecified atom stereocenters. The molecule has 0 aliphatic carbocycles. The Hall–Kier alpha value is -1.95. The van der Waals surface area contributed by atoms with E-state index in [1.54, 1.807) is 4.90 Å². The molecule has 5 nitrogen and oxygen atoms in total. The van der Waals surface area contributed by atoms with E-state index < -0.39 is 23.7 Å². The number of carboxylic acids is 1. The van der Waals surface area contributed by atoms with Crippen LogP contribution in [0.3, 0.4) is 0 Å². The Bertz CT molecular complexity index is 562. The van der Waals surface area contributed by atoms with Crippen molar-refractivity contribution in [1.82, 2.24) is 4.90 Å². The van der Waals surface area contributed by atoms with Gasteiger partial charge in [-0.25, -0.2) is 4.39 Å². The first-order valence-corrected chi connectivity index (χ1v) is 6.95. The van der Waals surface area contributed by atoms with Crippen molar-refractivity contribution in [2.24, 2.45) is 11.7 Å². The van der Waals surface area contributed by atoms with Gasteiger partial charge in [-0.3, -0.25) is 14.5 Å². The highest BCUT2D eigenvalue weighted by Gasteiger charge is 2.34. The fraction of sp³-hybridized carbons (Fsp3) is 0.467. The molecule has 114 valence electrons. The SMILES string of the molecule is CC1CCCN(Cc2cc(C(N)=O)ccc2F)C1C(=O)O. The zero-order valence-electron chi connectivity index (χ0n) is 11.9. The molecule has 0 radical (unpaired) electrons. The van der Waals surface area contributed by atoms with Crippen molar-refractivity contribution in [3.8, 4) is 0 Å². The van der Waals surface area contributed by atoms with E-state index in [-0.39, 0.29) is 18.0 Å². The summed E-state index contributed by atoms with van der Waals surface area (Å²) in [5.41, 5.74) is 5.72. The van der Waals surface area contributed by atoms with E-state index in [4.69, 9.17) is 5.73 Å². The molecule has 1 aromatic carbocycles. The Morgan fingerprint density at radius 2 is 2.19 bits per heavy atom. The van der Waals surface area contributed by atoms with E-state index in [0.29, 0.717) is 12.1 Å². The number of amides is 1. The first kappa shape index (κ1) is 15.4. The Morgan fingerprint density at radius 1 is 1.48 bits per heavy atom. The van der Waals surface area contributed by atoms with Crippen LogP contribution >= 0.6 is 0 Å². The average molecular weight is 294 g/mol. The number of hydrogen-bond donors (Lipinski definition) is 2. The third-order valence-electron chi connectivity index (χ3n) is 3.99. The third-order valence-corrected chi connectivity index (χ3v) is 3.99. The number of carboxylic acid groups (broad SMARTS) is 1. The number of benzene rings is 1. The molecule has 1 heterocycles. The monoisotopic (exact) mass is 294 g/mol. The van der Waals surface area contributed by atoms with Crippen LogP contribution in [0.2, 0.25) is 0 Å². The summed E-state index contributed by atoms with van der Waals surface area (Å²) in [6.07, 6.45) is 1.72. The highest BCUT2D eigenvalue weighted by molar-refractivity contribution is 5.92. The van der Waals surface area contributed by atoms with Crippen LogP contribution in [0.25, 0.3) is 0 Å². The van der Waals surface area contributed by atoms with Crippen molar-refractivity contribution < 1.29 is 19.1 Å². The van der Waals surface area contributed by atoms with Gasteiger partial charge in [0.15, 0.2) is 0 Å². The highest BCUT2D eigenvalue weighted by atomic mass is 19.1. The van der Waals surface area contributed by atoms with Crippen molar-refractivity contribution in [2.75, 3.05) is 6.54 Å². The number of nitrogens with zero attached hydrogens (tertiary/aromatic N) is 1. The molecular weight excluding hydrogens is 275 g/mol. The maximum atomic E-state index is 13.9. The van der Waals surface area contributed by atoms with Crippen LogP contribution in [0.4, 0.5) is 4.39 Å². The highest BCUT2D eigenvalue weighted by Crippen LogP contribution is 2.26. The summed E-state index contributed by atoms with van der Waals surface area (Å²) in [5, 5.41) is 9.36. The molecule has 1 aliphatic heterocycles. The van der Waals surface area contributed by atoms with Crippen LogP contribution in [0.5, 0.6) is 0 Å². The Labute approximate surface area is 122 Å². The molecule has 1 fully saturated rings. The number of halogens is 1. The lowest BCUT2D eigenvalue weighted by atomic mass is 9.90. The van der Waals surface area contributed by atoms with Crippen LogP contribution in [-0.4, -0.2) is 34.5 Å². The second-order valence-electron chi connectivity index (χ2n) is 5.54. The van der Waals surface area contributed by atoms with E-state index in [9.17, 15) is 19.1 Å². The number of primary amides is 1. The van der Waals surface area contributed by atoms with Crippen LogP contribution < -0.4 is 5.73 Å². The number of carbonyl (C=O) groups excluding carboxylic acids is 1. The van der Waals surface area contributed by atoms with Crippen molar-refractivity contribution >= 4 is 11.9 Å². The molecule has 0 spiro atoms. The summed E-state index contributed by atoms with van der Waals surface area (Å²) in [5.74, 6) is -1.97. The number of piperidine rings is 1. The summed E-state index contributed by atoms with van der Waals surface area (Å²) in [6, 6.07) is 3.29. The average Bonchev–Trinajstić information content (AvgIpc) is 2.40. The lowest BCUT2D eigenvalue weighted by molar-refractivity contribution is -0.147. The van der Waals surface area contributed by atoms with Gasteiger partial charge in [0.05, 0.1) is 0 Å².